The van der Waals surface area contributed by atoms with Crippen molar-refractivity contribution in [1.82, 2.24) is 4.90 Å². The van der Waals surface area contributed by atoms with Crippen LogP contribution in [-0.2, 0) is 4.74 Å². The van der Waals surface area contributed by atoms with Crippen LogP contribution >= 0.6 is 0 Å². The number of methoxy groups -OCH3 is 1. The van der Waals surface area contributed by atoms with Crippen LogP contribution in [0.15, 0.2) is 34.9 Å². The number of ether oxygens (including phenoxy) is 1. The molecule has 0 bridgehead atoms. The molecule has 0 fully saturated rings. The number of fused-ring (bicyclic) bond motifs is 1. The molecule has 5 heteroatoms. The van der Waals surface area contributed by atoms with E-state index in [1.165, 1.54) is 6.26 Å². The van der Waals surface area contributed by atoms with Crippen LogP contribution in [0.4, 0.5) is 0 Å². The van der Waals surface area contributed by atoms with Crippen molar-refractivity contribution in [2.24, 2.45) is 5.73 Å². The maximum Gasteiger partial charge on any atom is 0.257 e. The van der Waals surface area contributed by atoms with E-state index in [-0.39, 0.29) is 5.91 Å². The maximum atomic E-state index is 12.6. The zero-order chi connectivity index (χ0) is 14.4. The van der Waals surface area contributed by atoms with Gasteiger partial charge in [-0.25, -0.2) is 0 Å². The molecule has 0 spiro atoms. The van der Waals surface area contributed by atoms with Crippen molar-refractivity contribution < 1.29 is 13.9 Å². The van der Waals surface area contributed by atoms with Crippen molar-refractivity contribution >= 4 is 16.9 Å². The highest BCUT2D eigenvalue weighted by molar-refractivity contribution is 6.05. The summed E-state index contributed by atoms with van der Waals surface area (Å²) in [6.45, 7) is 2.24. The average Bonchev–Trinajstić information content (AvgIpc) is 2.91. The van der Waals surface area contributed by atoms with Crippen molar-refractivity contribution in [3.8, 4) is 0 Å². The Labute approximate surface area is 118 Å². The van der Waals surface area contributed by atoms with E-state index in [1.807, 2.05) is 24.3 Å². The molecule has 0 aliphatic heterocycles. The molecule has 2 rings (SSSR count). The minimum absolute atomic E-state index is 0.0412. The SMILES string of the molecule is COCCN(CCCN)C(=O)c1coc2ccccc12. The lowest BCUT2D eigenvalue weighted by Gasteiger charge is -2.21. The van der Waals surface area contributed by atoms with Gasteiger partial charge in [0.2, 0.25) is 0 Å². The van der Waals surface area contributed by atoms with Crippen LogP contribution in [0.1, 0.15) is 16.8 Å². The average molecular weight is 276 g/mol. The third kappa shape index (κ3) is 3.18. The Morgan fingerprint density at radius 1 is 1.35 bits per heavy atom. The van der Waals surface area contributed by atoms with Gasteiger partial charge in [-0.15, -0.1) is 0 Å². The second-order valence-electron chi connectivity index (χ2n) is 4.57. The predicted octanol–water partition coefficient (Wildman–Crippen LogP) is 1.87. The van der Waals surface area contributed by atoms with Crippen LogP contribution in [0.2, 0.25) is 0 Å². The van der Waals surface area contributed by atoms with Gasteiger partial charge in [0.25, 0.3) is 5.91 Å². The first-order valence-electron chi connectivity index (χ1n) is 6.72. The molecular weight excluding hydrogens is 256 g/mol. The van der Waals surface area contributed by atoms with E-state index in [1.54, 1.807) is 12.0 Å². The second-order valence-corrected chi connectivity index (χ2v) is 4.57. The number of benzene rings is 1. The summed E-state index contributed by atoms with van der Waals surface area (Å²) in [5, 5.41) is 0.840. The molecule has 1 amide bonds. The van der Waals surface area contributed by atoms with E-state index < -0.39 is 0 Å². The molecule has 2 N–H and O–H groups in total. The summed E-state index contributed by atoms with van der Waals surface area (Å²) in [4.78, 5) is 14.4. The summed E-state index contributed by atoms with van der Waals surface area (Å²) in [6.07, 6.45) is 2.29. The minimum Gasteiger partial charge on any atom is -0.463 e. The quantitative estimate of drug-likeness (QED) is 0.838. The molecule has 108 valence electrons. The highest BCUT2D eigenvalue weighted by Gasteiger charge is 2.19. The molecule has 1 aromatic carbocycles. The summed E-state index contributed by atoms with van der Waals surface area (Å²) < 4.78 is 10.5. The van der Waals surface area contributed by atoms with E-state index in [0.717, 1.165) is 17.4 Å². The summed E-state index contributed by atoms with van der Waals surface area (Å²) in [5.41, 5.74) is 6.84. The van der Waals surface area contributed by atoms with Crippen molar-refractivity contribution in [2.45, 2.75) is 6.42 Å². The third-order valence-corrected chi connectivity index (χ3v) is 3.20. The fraction of sp³-hybridized carbons (Fsp3) is 0.400. The Hall–Kier alpha value is -1.85. The van der Waals surface area contributed by atoms with E-state index >= 15 is 0 Å². The lowest BCUT2D eigenvalue weighted by atomic mass is 10.1. The van der Waals surface area contributed by atoms with Crippen molar-refractivity contribution in [1.29, 1.82) is 0 Å². The summed E-state index contributed by atoms with van der Waals surface area (Å²) in [5.74, 6) is -0.0412. The molecular formula is C15H20N2O3. The van der Waals surface area contributed by atoms with Gasteiger partial charge >= 0.3 is 0 Å². The Morgan fingerprint density at radius 2 is 2.15 bits per heavy atom. The van der Waals surface area contributed by atoms with Crippen LogP contribution in [0.3, 0.4) is 0 Å². The molecule has 0 radical (unpaired) electrons. The minimum atomic E-state index is -0.0412. The Kier molecular flexibility index (Phi) is 5.15. The maximum absolute atomic E-state index is 12.6. The fourth-order valence-corrected chi connectivity index (χ4v) is 2.11. The molecule has 0 unspecified atom stereocenters. The monoisotopic (exact) mass is 276 g/mol. The standard InChI is InChI=1S/C15H20N2O3/c1-19-10-9-17(8-4-7-16)15(18)13-11-20-14-6-3-2-5-12(13)14/h2-3,5-6,11H,4,7-10,16H2,1H3. The first-order valence-corrected chi connectivity index (χ1v) is 6.72. The van der Waals surface area contributed by atoms with Gasteiger partial charge in [0.05, 0.1) is 12.2 Å². The summed E-state index contributed by atoms with van der Waals surface area (Å²) in [7, 11) is 1.62. The zero-order valence-corrected chi connectivity index (χ0v) is 11.7. The van der Waals surface area contributed by atoms with E-state index in [2.05, 4.69) is 0 Å². The zero-order valence-electron chi connectivity index (χ0n) is 11.7. The van der Waals surface area contributed by atoms with Gasteiger partial charge in [-0.2, -0.15) is 0 Å². The molecule has 0 aliphatic rings. The Bertz CT molecular complexity index is 557. The predicted molar refractivity (Wildman–Crippen MR) is 77.7 cm³/mol. The number of carbonyl (C=O) groups excluding carboxylic acids is 1. The molecule has 20 heavy (non-hydrogen) atoms. The first-order chi connectivity index (χ1) is 9.77. The lowest BCUT2D eigenvalue weighted by Crippen LogP contribution is -2.35. The second kappa shape index (κ2) is 7.07. The molecule has 0 atom stereocenters. The highest BCUT2D eigenvalue weighted by atomic mass is 16.5. The molecule has 0 saturated heterocycles. The van der Waals surface area contributed by atoms with Gasteiger partial charge in [0, 0.05) is 25.6 Å². The number of para-hydroxylation sites is 1. The molecule has 1 aromatic heterocycles. The van der Waals surface area contributed by atoms with Crippen molar-refractivity contribution in [3.63, 3.8) is 0 Å². The number of carbonyl (C=O) groups is 1. The van der Waals surface area contributed by atoms with Crippen LogP contribution in [0.5, 0.6) is 0 Å². The number of furan rings is 1. The van der Waals surface area contributed by atoms with Gasteiger partial charge in [-0.1, -0.05) is 18.2 Å². The van der Waals surface area contributed by atoms with Crippen LogP contribution < -0.4 is 5.73 Å². The number of nitrogens with two attached hydrogens (primary N) is 1. The molecule has 2 aromatic rings. The van der Waals surface area contributed by atoms with Gasteiger partial charge in [0.1, 0.15) is 11.8 Å². The summed E-state index contributed by atoms with van der Waals surface area (Å²) in [6, 6.07) is 7.53. The van der Waals surface area contributed by atoms with E-state index in [0.29, 0.717) is 31.8 Å². The van der Waals surface area contributed by atoms with Gasteiger partial charge < -0.3 is 19.8 Å². The first kappa shape index (κ1) is 14.6. The van der Waals surface area contributed by atoms with Gasteiger partial charge in [-0.05, 0) is 19.0 Å². The third-order valence-electron chi connectivity index (χ3n) is 3.20. The Morgan fingerprint density at radius 3 is 2.90 bits per heavy atom. The molecule has 1 heterocycles. The number of amides is 1. The van der Waals surface area contributed by atoms with Gasteiger partial charge in [-0.3, -0.25) is 4.79 Å². The molecule has 5 nitrogen and oxygen atoms in total. The van der Waals surface area contributed by atoms with E-state index in [4.69, 9.17) is 14.9 Å². The Balaban J connectivity index is 2.21. The smallest absolute Gasteiger partial charge is 0.257 e. The highest BCUT2D eigenvalue weighted by Crippen LogP contribution is 2.22. The summed E-state index contributed by atoms with van der Waals surface area (Å²) >= 11 is 0. The van der Waals surface area contributed by atoms with Crippen LogP contribution in [-0.4, -0.2) is 44.2 Å². The van der Waals surface area contributed by atoms with Crippen LogP contribution in [0.25, 0.3) is 11.0 Å². The number of hydrogen-bond acceptors (Lipinski definition) is 4. The normalized spacial score (nSPS) is 10.9. The van der Waals surface area contributed by atoms with E-state index in [9.17, 15) is 4.79 Å². The lowest BCUT2D eigenvalue weighted by molar-refractivity contribution is 0.0695. The van der Waals surface area contributed by atoms with Gasteiger partial charge in [0.15, 0.2) is 0 Å². The topological polar surface area (TPSA) is 68.7 Å². The number of hydrogen-bond donors (Lipinski definition) is 1. The van der Waals surface area contributed by atoms with Crippen molar-refractivity contribution in [2.75, 3.05) is 33.4 Å². The molecule has 0 aliphatic carbocycles. The fourth-order valence-electron chi connectivity index (χ4n) is 2.11. The van der Waals surface area contributed by atoms with Crippen molar-refractivity contribution in [3.05, 3.63) is 36.1 Å². The largest absolute Gasteiger partial charge is 0.463 e. The van der Waals surface area contributed by atoms with Crippen LogP contribution in [0, 0.1) is 0 Å². The molecule has 0 saturated carbocycles. The number of rotatable bonds is 7. The number of nitrogens with zero attached hydrogens (tertiary/aromatic N) is 1.